The van der Waals surface area contributed by atoms with Crippen LogP contribution in [0.1, 0.15) is 13.3 Å². The minimum absolute atomic E-state index is 0.102. The van der Waals surface area contributed by atoms with Crippen LogP contribution in [0.25, 0.3) is 0 Å². The number of hydrogen-bond donors (Lipinski definition) is 18. The predicted molar refractivity (Wildman–Crippen MR) is 232 cm³/mol. The molecule has 0 aromatic rings. The van der Waals surface area contributed by atoms with Crippen LogP contribution >= 0.6 is 34.8 Å². The topological polar surface area (TPSA) is 484 Å². The highest BCUT2D eigenvalue weighted by atomic mass is 35.6. The number of alkyl halides is 3. The first-order valence-electron chi connectivity index (χ1n) is 23.3. The van der Waals surface area contributed by atoms with E-state index in [1.165, 1.54) is 6.92 Å². The highest BCUT2D eigenvalue weighted by Gasteiger charge is 2.59. The zero-order valence-corrected chi connectivity index (χ0v) is 41.2. The van der Waals surface area contributed by atoms with E-state index in [0.29, 0.717) is 0 Å². The van der Waals surface area contributed by atoms with Crippen molar-refractivity contribution >= 4 is 34.8 Å². The van der Waals surface area contributed by atoms with Crippen LogP contribution in [0.15, 0.2) is 0 Å². The van der Waals surface area contributed by atoms with Gasteiger partial charge in [0.1, 0.15) is 146 Å². The van der Waals surface area contributed by atoms with Crippen LogP contribution < -0.4 is 0 Å². The number of rotatable bonds is 9. The maximum atomic E-state index is 11.7. The third kappa shape index (κ3) is 13.7. The second kappa shape index (κ2) is 27.9. The zero-order valence-electron chi connectivity index (χ0n) is 38.9. The van der Waals surface area contributed by atoms with Crippen molar-refractivity contribution in [1.29, 1.82) is 0 Å². The standard InChI is InChI=1S/C39H66O31.CHCl3/c1-2-15(46)64-33-26(57)39-63-14(8-45)32(33)70-38-25(56)20(51)30(12(6-43)62-38)68-36-23(54)18(49)28(10(4-41)60-36)66-34-21(52)16(47)27(9(3-40)58-34)65-35-22(53)17(48)29(11(5-42)59-35)67-37-24(55)19(50)31(69-39)13(7-44)61-37;2-1(3)4/h9-57H,2-8H2,1H3;1H/t9-,10-,11-,12-,13-,14-,15?,16-,17-,18-,19-,20-,21-,22-,23-,24-,25-,26-,27-,28-,29-,30-,31-,32+,33-,34-,35-,36-,37-,38-,39-;/m1./s1. The van der Waals surface area contributed by atoms with Crippen molar-refractivity contribution in [2.45, 2.75) is 208 Å². The molecule has 0 aliphatic carbocycles. The molecule has 31 atom stereocenters. The molecular weight excluding hydrogens is 1080 g/mol. The smallest absolute Gasteiger partial charge is 0.187 e. The molecule has 22 saturated heterocycles. The Balaban J connectivity index is 0.00000215. The van der Waals surface area contributed by atoms with Gasteiger partial charge in [0, 0.05) is 0 Å². The van der Waals surface area contributed by atoms with Crippen molar-refractivity contribution in [3.63, 3.8) is 0 Å². The summed E-state index contributed by atoms with van der Waals surface area (Å²) in [7, 11) is 0. The van der Waals surface area contributed by atoms with Crippen molar-refractivity contribution in [1.82, 2.24) is 0 Å². The summed E-state index contributed by atoms with van der Waals surface area (Å²) >= 11 is 14.4. The Morgan fingerprint density at radius 1 is 0.324 bits per heavy atom. The SMILES string of the molecule is CCC(O)O[C@@H]1[C@@H](O)[C@H]2O[C@H]3[C@H](O)[C@@H](O)[C@@H](O[C@H]4[C@H](O)[C@@H](O)[C@@H](O[C@H]5[C@H](O)[C@@H](O)[C@@H](O[C@H]6[C@H](O)[C@@H](O)[C@@H](O[C@H]7[C@H](O)[C@@H](O)[C@@H](O[C@H]1[C@@H](CO)O2)O[C@@H]7CO)O[C@@H]6CO)O[C@@H]5CO)O[C@@H]4CO)O[C@@H]3CO.ClC(Cl)Cl. The fourth-order valence-electron chi connectivity index (χ4n) is 9.35. The Labute approximate surface area is 435 Å². The van der Waals surface area contributed by atoms with Gasteiger partial charge in [-0.05, 0) is 6.42 Å². The largest absolute Gasteiger partial charge is 0.394 e. The van der Waals surface area contributed by atoms with Gasteiger partial charge in [0.2, 0.25) is 0 Å². The highest BCUT2D eigenvalue weighted by Crippen LogP contribution is 2.38. The molecule has 22 aliphatic heterocycles. The van der Waals surface area contributed by atoms with Gasteiger partial charge in [-0.15, -0.1) is 0 Å². The van der Waals surface area contributed by atoms with E-state index in [1.54, 1.807) is 0 Å². The Morgan fingerprint density at radius 3 is 0.716 bits per heavy atom. The lowest BCUT2D eigenvalue weighted by molar-refractivity contribution is -0.407. The van der Waals surface area contributed by atoms with Crippen molar-refractivity contribution < 1.29 is 153 Å². The highest BCUT2D eigenvalue weighted by molar-refractivity contribution is 6.63. The molecule has 22 aliphatic rings. The van der Waals surface area contributed by atoms with E-state index < -0.39 is 234 Å². The van der Waals surface area contributed by atoms with Gasteiger partial charge in [0.05, 0.1) is 39.6 Å². The van der Waals surface area contributed by atoms with E-state index >= 15 is 0 Å². The van der Waals surface area contributed by atoms with Crippen LogP contribution in [0.3, 0.4) is 0 Å². The first-order valence-corrected chi connectivity index (χ1v) is 24.7. The molecule has 22 heterocycles. The van der Waals surface area contributed by atoms with Crippen LogP contribution in [0.5, 0.6) is 0 Å². The summed E-state index contributed by atoms with van der Waals surface area (Å²) < 4.78 is 73.8. The van der Waals surface area contributed by atoms with E-state index in [0.717, 1.165) is 0 Å². The lowest BCUT2D eigenvalue weighted by atomic mass is 9.94. The van der Waals surface area contributed by atoms with E-state index in [2.05, 4.69) is 0 Å². The fourth-order valence-corrected chi connectivity index (χ4v) is 9.35. The predicted octanol–water partition coefficient (Wildman–Crippen LogP) is -10.3. The lowest BCUT2D eigenvalue weighted by Gasteiger charge is -2.51. The van der Waals surface area contributed by atoms with Crippen LogP contribution in [-0.2, 0) is 61.6 Å². The Bertz CT molecular complexity index is 1660. The summed E-state index contributed by atoms with van der Waals surface area (Å²) in [6.07, 6.45) is -60.1. The van der Waals surface area contributed by atoms with E-state index in [1.807, 2.05) is 0 Å². The lowest BCUT2D eigenvalue weighted by Crippen LogP contribution is -2.69. The summed E-state index contributed by atoms with van der Waals surface area (Å²) in [5, 5.41) is 197. The molecule has 1 unspecified atom stereocenters. The van der Waals surface area contributed by atoms with E-state index in [9.17, 15) is 91.9 Å². The number of aliphatic hydroxyl groups is 18. The Hall–Kier alpha value is -0.370. The minimum Gasteiger partial charge on any atom is -0.394 e. The number of hydrogen-bond acceptors (Lipinski definition) is 31. The molecule has 0 aromatic carbocycles. The molecule has 0 saturated carbocycles. The molecule has 74 heavy (non-hydrogen) atoms. The second-order valence-electron chi connectivity index (χ2n) is 18.1. The molecule has 434 valence electrons. The number of aliphatic hydroxyl groups excluding tert-OH is 18. The summed E-state index contributed by atoms with van der Waals surface area (Å²) in [5.41, 5.74) is 0. The van der Waals surface area contributed by atoms with Gasteiger partial charge in [-0.2, -0.15) is 0 Å². The zero-order chi connectivity index (χ0) is 54.6. The third-order valence-electron chi connectivity index (χ3n) is 13.3. The number of ether oxygens (including phenoxy) is 13. The van der Waals surface area contributed by atoms with Gasteiger partial charge in [-0.25, -0.2) is 0 Å². The Kier molecular flexibility index (Phi) is 23.7. The van der Waals surface area contributed by atoms with Crippen molar-refractivity contribution in [3.05, 3.63) is 0 Å². The summed E-state index contributed by atoms with van der Waals surface area (Å²) in [5.74, 6) is 0. The first kappa shape index (κ1) is 62.8. The molecule has 22 fully saturated rings. The maximum Gasteiger partial charge on any atom is 0.187 e. The molecule has 34 heteroatoms. The summed E-state index contributed by atoms with van der Waals surface area (Å²) in [4.78, 5) is 0. The normalized spacial score (nSPS) is 51.0. The molecule has 12 bridgehead atoms. The molecule has 0 spiro atoms. The molecular formula is C40H67Cl3O31. The van der Waals surface area contributed by atoms with Crippen molar-refractivity contribution in [2.75, 3.05) is 39.6 Å². The monoisotopic (exact) mass is 1150 g/mol. The van der Waals surface area contributed by atoms with Crippen LogP contribution in [0, 0.1) is 0 Å². The molecule has 22 rings (SSSR count). The average molecular weight is 1150 g/mol. The molecule has 0 amide bonds. The van der Waals surface area contributed by atoms with E-state index in [-0.39, 0.29) is 6.42 Å². The molecule has 18 N–H and O–H groups in total. The van der Waals surface area contributed by atoms with Gasteiger partial charge in [0.15, 0.2) is 48.3 Å². The summed E-state index contributed by atoms with van der Waals surface area (Å²) in [6.45, 7) is -4.54. The van der Waals surface area contributed by atoms with Gasteiger partial charge < -0.3 is 153 Å². The summed E-state index contributed by atoms with van der Waals surface area (Å²) in [6, 6.07) is 0. The van der Waals surface area contributed by atoms with Crippen molar-refractivity contribution in [2.24, 2.45) is 0 Å². The maximum absolute atomic E-state index is 11.7. The third-order valence-corrected chi connectivity index (χ3v) is 13.3. The van der Waals surface area contributed by atoms with Crippen LogP contribution in [0.2, 0.25) is 0 Å². The fraction of sp³-hybridized carbons (Fsp3) is 1.00. The van der Waals surface area contributed by atoms with Crippen molar-refractivity contribution in [3.8, 4) is 0 Å². The second-order valence-corrected chi connectivity index (χ2v) is 20.0. The average Bonchev–Trinajstić information content (AvgIpc) is 3.37. The molecule has 31 nitrogen and oxygen atoms in total. The molecule has 0 aromatic heterocycles. The van der Waals surface area contributed by atoms with Crippen LogP contribution in [0.4, 0.5) is 0 Å². The molecule has 0 radical (unpaired) electrons. The first-order chi connectivity index (χ1) is 35.1. The number of halogens is 3. The van der Waals surface area contributed by atoms with Gasteiger partial charge in [-0.1, -0.05) is 41.7 Å². The Morgan fingerprint density at radius 2 is 0.514 bits per heavy atom. The van der Waals surface area contributed by atoms with Gasteiger partial charge in [-0.3, -0.25) is 0 Å². The van der Waals surface area contributed by atoms with Gasteiger partial charge in [0.25, 0.3) is 0 Å². The van der Waals surface area contributed by atoms with Gasteiger partial charge >= 0.3 is 0 Å². The quantitative estimate of drug-likeness (QED) is 0.0753. The van der Waals surface area contributed by atoms with Crippen LogP contribution in [-0.4, -0.2) is 326 Å². The van der Waals surface area contributed by atoms with E-state index in [4.69, 9.17) is 96.4 Å². The minimum atomic E-state index is -2.16.